The number of aromatic nitrogens is 2. The standard InChI is InChI=1S/C23H30N4O2/c1-16-6-5-7-18(14-16)15-26-12-13-27(17(2)23(26)29)22(28)11-10-21-19-8-3-4-9-20(19)24-25-21/h5-7,14,17H,3-4,8-13,15H2,1-2H3,(H,24,25). The van der Waals surface area contributed by atoms with E-state index < -0.39 is 6.04 Å². The first-order chi connectivity index (χ1) is 14.0. The SMILES string of the molecule is Cc1cccc(CN2CCN(C(=O)CCc3n[nH]c4c3CCCC4)C(C)C2=O)c1. The van der Waals surface area contributed by atoms with Crippen LogP contribution < -0.4 is 0 Å². The molecule has 2 amide bonds. The van der Waals surface area contributed by atoms with Crippen molar-refractivity contribution < 1.29 is 9.59 Å². The van der Waals surface area contributed by atoms with Crippen molar-refractivity contribution in [3.8, 4) is 0 Å². The molecule has 29 heavy (non-hydrogen) atoms. The predicted octanol–water partition coefficient (Wildman–Crippen LogP) is 2.79. The zero-order valence-electron chi connectivity index (χ0n) is 17.4. The number of hydrogen-bond acceptors (Lipinski definition) is 3. The molecule has 1 aliphatic carbocycles. The van der Waals surface area contributed by atoms with E-state index in [4.69, 9.17) is 0 Å². The van der Waals surface area contributed by atoms with E-state index in [2.05, 4.69) is 29.3 Å². The fourth-order valence-electron chi connectivity index (χ4n) is 4.58. The summed E-state index contributed by atoms with van der Waals surface area (Å²) in [6.07, 6.45) is 5.58. The van der Waals surface area contributed by atoms with Gasteiger partial charge in [0.25, 0.3) is 0 Å². The third kappa shape index (κ3) is 4.21. The van der Waals surface area contributed by atoms with Crippen LogP contribution in [0.25, 0.3) is 0 Å². The quantitative estimate of drug-likeness (QED) is 0.848. The Labute approximate surface area is 172 Å². The Bertz CT molecular complexity index is 904. The monoisotopic (exact) mass is 394 g/mol. The lowest BCUT2D eigenvalue weighted by Gasteiger charge is -2.39. The van der Waals surface area contributed by atoms with Crippen LogP contribution in [0.3, 0.4) is 0 Å². The van der Waals surface area contributed by atoms with Gasteiger partial charge in [0.15, 0.2) is 0 Å². The number of aryl methyl sites for hydroxylation is 3. The molecule has 2 aliphatic rings. The van der Waals surface area contributed by atoms with E-state index in [1.807, 2.05) is 24.0 Å². The molecule has 4 rings (SSSR count). The highest BCUT2D eigenvalue weighted by molar-refractivity contribution is 5.88. The van der Waals surface area contributed by atoms with Crippen LogP contribution in [-0.4, -0.2) is 50.9 Å². The van der Waals surface area contributed by atoms with Crippen molar-refractivity contribution in [3.05, 3.63) is 52.3 Å². The lowest BCUT2D eigenvalue weighted by molar-refractivity contribution is -0.151. The van der Waals surface area contributed by atoms with Gasteiger partial charge >= 0.3 is 0 Å². The van der Waals surface area contributed by atoms with Crippen molar-refractivity contribution >= 4 is 11.8 Å². The maximum absolute atomic E-state index is 12.9. The van der Waals surface area contributed by atoms with Gasteiger partial charge in [-0.05, 0) is 50.7 Å². The lowest BCUT2D eigenvalue weighted by atomic mass is 9.94. The highest BCUT2D eigenvalue weighted by Gasteiger charge is 2.34. The fourth-order valence-corrected chi connectivity index (χ4v) is 4.58. The molecule has 1 fully saturated rings. The largest absolute Gasteiger partial charge is 0.335 e. The van der Waals surface area contributed by atoms with Crippen LogP contribution >= 0.6 is 0 Å². The summed E-state index contributed by atoms with van der Waals surface area (Å²) in [5.41, 5.74) is 5.92. The van der Waals surface area contributed by atoms with Crippen LogP contribution in [-0.2, 0) is 35.4 Å². The van der Waals surface area contributed by atoms with E-state index in [0.717, 1.165) is 24.1 Å². The average Bonchev–Trinajstić information content (AvgIpc) is 3.13. The molecule has 1 aliphatic heterocycles. The minimum atomic E-state index is -0.408. The van der Waals surface area contributed by atoms with Gasteiger partial charge in [-0.2, -0.15) is 5.10 Å². The molecule has 154 valence electrons. The first kappa shape index (κ1) is 19.7. The number of piperazine rings is 1. The third-order valence-electron chi connectivity index (χ3n) is 6.24. The normalized spacial score (nSPS) is 19.4. The van der Waals surface area contributed by atoms with Crippen molar-refractivity contribution in [2.75, 3.05) is 13.1 Å². The molecule has 1 aromatic carbocycles. The Morgan fingerprint density at radius 1 is 1.24 bits per heavy atom. The van der Waals surface area contributed by atoms with Crippen molar-refractivity contribution in [2.45, 2.75) is 65.0 Å². The second-order valence-electron chi connectivity index (χ2n) is 8.35. The summed E-state index contributed by atoms with van der Waals surface area (Å²) in [5, 5.41) is 7.59. The topological polar surface area (TPSA) is 69.3 Å². The van der Waals surface area contributed by atoms with E-state index >= 15 is 0 Å². The Hall–Kier alpha value is -2.63. The zero-order valence-corrected chi connectivity index (χ0v) is 17.4. The summed E-state index contributed by atoms with van der Waals surface area (Å²) in [7, 11) is 0. The highest BCUT2D eigenvalue weighted by atomic mass is 16.2. The predicted molar refractivity (Wildman–Crippen MR) is 111 cm³/mol. The number of carbonyl (C=O) groups excluding carboxylic acids is 2. The van der Waals surface area contributed by atoms with Crippen LogP contribution in [0.4, 0.5) is 0 Å². The molecule has 1 unspecified atom stereocenters. The number of hydrogen-bond donors (Lipinski definition) is 1. The average molecular weight is 395 g/mol. The Balaban J connectivity index is 1.34. The minimum absolute atomic E-state index is 0.0308. The molecule has 1 atom stereocenters. The van der Waals surface area contributed by atoms with Gasteiger partial charge in [0, 0.05) is 38.2 Å². The van der Waals surface area contributed by atoms with Crippen LogP contribution in [0.5, 0.6) is 0 Å². The zero-order chi connectivity index (χ0) is 20.4. The summed E-state index contributed by atoms with van der Waals surface area (Å²) in [6, 6.07) is 7.83. The molecule has 0 radical (unpaired) electrons. The first-order valence-corrected chi connectivity index (χ1v) is 10.7. The Kier molecular flexibility index (Phi) is 5.69. The number of benzene rings is 1. The lowest BCUT2D eigenvalue weighted by Crippen LogP contribution is -2.57. The number of fused-ring (bicyclic) bond motifs is 1. The molecular weight excluding hydrogens is 364 g/mol. The molecule has 6 heteroatoms. The number of rotatable bonds is 5. The number of H-pyrrole nitrogens is 1. The van der Waals surface area contributed by atoms with Gasteiger partial charge in [0.1, 0.15) is 6.04 Å². The molecule has 0 saturated carbocycles. The number of amides is 2. The van der Waals surface area contributed by atoms with Crippen molar-refractivity contribution in [1.82, 2.24) is 20.0 Å². The van der Waals surface area contributed by atoms with Gasteiger partial charge in [0.05, 0.1) is 5.69 Å². The van der Waals surface area contributed by atoms with Gasteiger partial charge in [-0.15, -0.1) is 0 Å². The van der Waals surface area contributed by atoms with Gasteiger partial charge in [0.2, 0.25) is 11.8 Å². The van der Waals surface area contributed by atoms with Crippen LogP contribution in [0.15, 0.2) is 24.3 Å². The summed E-state index contributed by atoms with van der Waals surface area (Å²) >= 11 is 0. The number of nitrogens with zero attached hydrogens (tertiary/aromatic N) is 3. The van der Waals surface area contributed by atoms with E-state index in [0.29, 0.717) is 32.5 Å². The van der Waals surface area contributed by atoms with Gasteiger partial charge in [-0.3, -0.25) is 14.7 Å². The fraction of sp³-hybridized carbons (Fsp3) is 0.522. The van der Waals surface area contributed by atoms with Gasteiger partial charge < -0.3 is 9.80 Å². The number of aromatic amines is 1. The summed E-state index contributed by atoms with van der Waals surface area (Å²) in [6.45, 7) is 5.68. The van der Waals surface area contributed by atoms with Crippen LogP contribution in [0, 0.1) is 6.92 Å². The molecule has 1 N–H and O–H groups in total. The Morgan fingerprint density at radius 3 is 2.90 bits per heavy atom. The van der Waals surface area contributed by atoms with E-state index in [9.17, 15) is 9.59 Å². The molecule has 1 aromatic heterocycles. The molecule has 0 spiro atoms. The van der Waals surface area contributed by atoms with Crippen molar-refractivity contribution in [1.29, 1.82) is 0 Å². The first-order valence-electron chi connectivity index (χ1n) is 10.7. The van der Waals surface area contributed by atoms with E-state index in [1.54, 1.807) is 4.90 Å². The van der Waals surface area contributed by atoms with Crippen molar-refractivity contribution in [3.63, 3.8) is 0 Å². The van der Waals surface area contributed by atoms with Gasteiger partial charge in [-0.1, -0.05) is 29.8 Å². The Morgan fingerprint density at radius 2 is 2.07 bits per heavy atom. The van der Waals surface area contributed by atoms with Gasteiger partial charge in [-0.25, -0.2) is 0 Å². The second kappa shape index (κ2) is 8.39. The number of nitrogens with one attached hydrogen (secondary N) is 1. The van der Waals surface area contributed by atoms with Crippen molar-refractivity contribution in [2.24, 2.45) is 0 Å². The smallest absolute Gasteiger partial charge is 0.245 e. The summed E-state index contributed by atoms with van der Waals surface area (Å²) in [5.74, 6) is 0.0804. The maximum Gasteiger partial charge on any atom is 0.245 e. The molecule has 1 saturated heterocycles. The molecular formula is C23H30N4O2. The minimum Gasteiger partial charge on any atom is -0.335 e. The molecule has 2 heterocycles. The molecule has 6 nitrogen and oxygen atoms in total. The maximum atomic E-state index is 12.9. The molecule has 2 aromatic rings. The third-order valence-corrected chi connectivity index (χ3v) is 6.24. The van der Waals surface area contributed by atoms with Crippen LogP contribution in [0.1, 0.15) is 54.3 Å². The van der Waals surface area contributed by atoms with Crippen LogP contribution in [0.2, 0.25) is 0 Å². The molecule has 0 bridgehead atoms. The summed E-state index contributed by atoms with van der Waals surface area (Å²) in [4.78, 5) is 29.3. The number of carbonyl (C=O) groups is 2. The highest BCUT2D eigenvalue weighted by Crippen LogP contribution is 2.23. The summed E-state index contributed by atoms with van der Waals surface area (Å²) < 4.78 is 0. The van der Waals surface area contributed by atoms with E-state index in [1.165, 1.54) is 29.7 Å². The van der Waals surface area contributed by atoms with E-state index in [-0.39, 0.29) is 11.8 Å². The second-order valence-corrected chi connectivity index (χ2v) is 8.35.